The molecule has 1 aliphatic heterocycles. The van der Waals surface area contributed by atoms with Gasteiger partial charge in [-0.25, -0.2) is 18.2 Å². The van der Waals surface area contributed by atoms with Crippen molar-refractivity contribution in [3.63, 3.8) is 0 Å². The van der Waals surface area contributed by atoms with Crippen LogP contribution in [0.3, 0.4) is 0 Å². The average Bonchev–Trinajstić information content (AvgIpc) is 4.06. The lowest BCUT2D eigenvalue weighted by Gasteiger charge is -2.32. The number of sulfonamides is 1. The van der Waals surface area contributed by atoms with E-state index in [9.17, 15) is 27.6 Å². The Balaban J connectivity index is 1.32. The largest absolute Gasteiger partial charge is 0.472 e. The van der Waals surface area contributed by atoms with Crippen LogP contribution in [0.2, 0.25) is 0 Å². The van der Waals surface area contributed by atoms with Crippen molar-refractivity contribution in [1.29, 1.82) is 0 Å². The van der Waals surface area contributed by atoms with E-state index in [1.165, 1.54) is 18.1 Å². The van der Waals surface area contributed by atoms with Gasteiger partial charge in [0.15, 0.2) is 0 Å². The molecule has 6 rings (SSSR count). The number of ether oxygens (including phenoxy) is 3. The van der Waals surface area contributed by atoms with Gasteiger partial charge in [-0.2, -0.15) is 0 Å². The van der Waals surface area contributed by atoms with Crippen LogP contribution in [0, 0.1) is 5.92 Å². The van der Waals surface area contributed by atoms with Crippen molar-refractivity contribution in [1.82, 2.24) is 25.2 Å². The van der Waals surface area contributed by atoms with E-state index < -0.39 is 80.4 Å². The Morgan fingerprint density at radius 1 is 1.06 bits per heavy atom. The zero-order valence-corrected chi connectivity index (χ0v) is 31.9. The molecule has 6 atom stereocenters. The number of pyridine rings is 1. The van der Waals surface area contributed by atoms with Crippen molar-refractivity contribution in [3.8, 4) is 17.1 Å². The van der Waals surface area contributed by atoms with Crippen LogP contribution in [0.15, 0.2) is 73.3 Å². The van der Waals surface area contributed by atoms with E-state index in [1.807, 2.05) is 60.7 Å². The van der Waals surface area contributed by atoms with Crippen LogP contribution in [0.5, 0.6) is 5.88 Å². The number of nitrogens with zero attached hydrogens (tertiary/aromatic N) is 2. The van der Waals surface area contributed by atoms with Gasteiger partial charge in [0, 0.05) is 30.4 Å². The zero-order valence-electron chi connectivity index (χ0n) is 31.0. The molecule has 3 aliphatic rings. The van der Waals surface area contributed by atoms with Crippen molar-refractivity contribution in [2.45, 2.75) is 94.1 Å². The number of carbonyl (C=O) groups is 4. The number of fused-ring (bicyclic) bond motifs is 1. The molecule has 0 spiro atoms. The van der Waals surface area contributed by atoms with E-state index in [0.29, 0.717) is 24.4 Å². The van der Waals surface area contributed by atoms with Crippen molar-refractivity contribution >= 4 is 44.6 Å². The highest BCUT2D eigenvalue weighted by Gasteiger charge is 2.62. The van der Waals surface area contributed by atoms with Gasteiger partial charge in [0.25, 0.3) is 5.91 Å². The van der Waals surface area contributed by atoms with Crippen LogP contribution in [0.25, 0.3) is 22.0 Å². The van der Waals surface area contributed by atoms with E-state index in [0.717, 1.165) is 16.3 Å². The highest BCUT2D eigenvalue weighted by atomic mass is 32.2. The van der Waals surface area contributed by atoms with Crippen LogP contribution in [-0.4, -0.2) is 96.5 Å². The molecule has 0 bridgehead atoms. The summed E-state index contributed by atoms with van der Waals surface area (Å²) in [5.74, 6) is -2.45. The second kappa shape index (κ2) is 15.0. The van der Waals surface area contributed by atoms with Gasteiger partial charge in [0.05, 0.1) is 23.6 Å². The summed E-state index contributed by atoms with van der Waals surface area (Å²) in [6, 6.07) is 16.6. The Kier molecular flexibility index (Phi) is 10.8. The van der Waals surface area contributed by atoms with Gasteiger partial charge >= 0.3 is 6.09 Å². The standard InChI is InChI=1S/C39H47N5O9S/c1-7-26-21-39(26,36(47)43-54(49,50)28-17-18-28)42-33(45)31-20-27(22-44(31)35(46)32(23(2)51-6)41-37(48)53-38(3,4)5)52-34-29-16-12-11-15-25(29)19-30(40-34)24-13-9-8-10-14-24/h7-16,19,23,26-28,31-32H,1,17-18,20-22H2,2-6H3,(H,41,48)(H,42,45)(H,43,47)/t23-,26+,27?,31-,32-,39+/m0/s1. The summed E-state index contributed by atoms with van der Waals surface area (Å²) >= 11 is 0. The van der Waals surface area contributed by atoms with E-state index in [1.54, 1.807) is 27.7 Å². The first-order valence-electron chi connectivity index (χ1n) is 18.0. The monoisotopic (exact) mass is 761 g/mol. The fourth-order valence-electron chi connectivity index (χ4n) is 6.69. The molecule has 1 aromatic heterocycles. The van der Waals surface area contributed by atoms with E-state index >= 15 is 0 Å². The second-order valence-electron chi connectivity index (χ2n) is 15.1. The molecule has 4 amide bonds. The van der Waals surface area contributed by atoms with Crippen molar-refractivity contribution < 1.29 is 41.8 Å². The van der Waals surface area contributed by atoms with Crippen LogP contribution < -0.4 is 20.1 Å². The minimum Gasteiger partial charge on any atom is -0.472 e. The molecule has 2 aliphatic carbocycles. The fourth-order valence-corrected chi connectivity index (χ4v) is 8.06. The molecule has 2 heterocycles. The number of aromatic nitrogens is 1. The predicted octanol–water partition coefficient (Wildman–Crippen LogP) is 3.85. The van der Waals surface area contributed by atoms with Crippen molar-refractivity contribution in [2.24, 2.45) is 5.92 Å². The van der Waals surface area contributed by atoms with Gasteiger partial charge in [-0.15, -0.1) is 6.58 Å². The topological polar surface area (TPSA) is 182 Å². The van der Waals surface area contributed by atoms with Crippen LogP contribution >= 0.6 is 0 Å². The molecule has 2 saturated carbocycles. The van der Waals surface area contributed by atoms with Gasteiger partial charge in [-0.05, 0) is 64.5 Å². The second-order valence-corrected chi connectivity index (χ2v) is 17.1. The first-order valence-corrected chi connectivity index (χ1v) is 19.5. The number of hydrogen-bond acceptors (Lipinski definition) is 10. The summed E-state index contributed by atoms with van der Waals surface area (Å²) in [5.41, 5.74) is -0.907. The number of likely N-dealkylation sites (tertiary alicyclic amines) is 1. The third-order valence-electron chi connectivity index (χ3n) is 9.93. The Bertz CT molecular complexity index is 2050. The molecule has 3 fully saturated rings. The number of alkyl carbamates (subject to hydrolysis) is 1. The lowest BCUT2D eigenvalue weighted by atomic mass is 10.1. The number of nitrogens with one attached hydrogen (secondary N) is 3. The fraction of sp³-hybridized carbons (Fsp3) is 0.462. The molecule has 1 unspecified atom stereocenters. The molecular weight excluding hydrogens is 715 g/mol. The van der Waals surface area contributed by atoms with E-state index in [-0.39, 0.29) is 19.4 Å². The number of rotatable bonds is 13. The molecule has 0 radical (unpaired) electrons. The molecule has 1 saturated heterocycles. The summed E-state index contributed by atoms with van der Waals surface area (Å²) in [5, 5.41) is 6.32. The maximum Gasteiger partial charge on any atom is 0.408 e. The third-order valence-corrected chi connectivity index (χ3v) is 11.7. The van der Waals surface area contributed by atoms with Gasteiger partial charge in [-0.1, -0.05) is 54.6 Å². The molecule has 15 heteroatoms. The molecule has 54 heavy (non-hydrogen) atoms. The quantitative estimate of drug-likeness (QED) is 0.217. The lowest BCUT2D eigenvalue weighted by Crippen LogP contribution is -2.60. The van der Waals surface area contributed by atoms with Gasteiger partial charge in [-0.3, -0.25) is 19.1 Å². The molecule has 3 N–H and O–H groups in total. The minimum atomic E-state index is -3.92. The zero-order chi connectivity index (χ0) is 39.0. The molecule has 288 valence electrons. The van der Waals surface area contributed by atoms with E-state index in [4.69, 9.17) is 19.2 Å². The minimum absolute atomic E-state index is 0.0134. The summed E-state index contributed by atoms with van der Waals surface area (Å²) in [4.78, 5) is 61.4. The molecule has 3 aromatic rings. The highest BCUT2D eigenvalue weighted by molar-refractivity contribution is 7.91. The van der Waals surface area contributed by atoms with Crippen molar-refractivity contribution in [3.05, 3.63) is 73.3 Å². The first-order chi connectivity index (χ1) is 25.5. The number of methoxy groups -OCH3 is 1. The smallest absolute Gasteiger partial charge is 0.408 e. The molecule has 14 nitrogen and oxygen atoms in total. The van der Waals surface area contributed by atoms with Crippen LogP contribution in [0.1, 0.15) is 53.4 Å². The van der Waals surface area contributed by atoms with Gasteiger partial charge in [0.1, 0.15) is 29.3 Å². The Labute approximate surface area is 315 Å². The van der Waals surface area contributed by atoms with Gasteiger partial charge in [0.2, 0.25) is 27.7 Å². The highest BCUT2D eigenvalue weighted by Crippen LogP contribution is 2.45. The first kappa shape index (κ1) is 38.7. The Hall–Kier alpha value is -5.02. The number of amides is 4. The Morgan fingerprint density at radius 2 is 1.74 bits per heavy atom. The Morgan fingerprint density at radius 3 is 2.37 bits per heavy atom. The van der Waals surface area contributed by atoms with Crippen LogP contribution in [-0.2, 0) is 33.9 Å². The summed E-state index contributed by atoms with van der Waals surface area (Å²) < 4.78 is 45.1. The summed E-state index contributed by atoms with van der Waals surface area (Å²) in [7, 11) is -2.53. The number of benzene rings is 2. The number of carbonyl (C=O) groups excluding carboxylic acids is 4. The predicted molar refractivity (Wildman–Crippen MR) is 201 cm³/mol. The van der Waals surface area contributed by atoms with Crippen molar-refractivity contribution in [2.75, 3.05) is 13.7 Å². The third kappa shape index (κ3) is 8.36. The van der Waals surface area contributed by atoms with Gasteiger partial charge < -0.3 is 29.7 Å². The summed E-state index contributed by atoms with van der Waals surface area (Å²) in [6.07, 6.45) is 0.0341. The van der Waals surface area contributed by atoms with Crippen LogP contribution in [0.4, 0.5) is 4.79 Å². The lowest BCUT2D eigenvalue weighted by molar-refractivity contribution is -0.143. The normalized spacial score (nSPS) is 23.5. The maximum absolute atomic E-state index is 14.5. The number of hydrogen-bond donors (Lipinski definition) is 3. The summed E-state index contributed by atoms with van der Waals surface area (Å²) in [6.45, 7) is 10.3. The molecular formula is C39H47N5O9S. The average molecular weight is 762 g/mol. The SMILES string of the molecule is C=C[C@@H]1C[C@]1(NC(=O)[C@@H]1CC(Oc2nc(-c3ccccc3)cc3ccccc23)CN1C(=O)[C@@H](NC(=O)OC(C)(C)C)[C@H](C)OC)C(=O)NS(=O)(=O)C1CC1. The maximum atomic E-state index is 14.5. The van der Waals surface area contributed by atoms with E-state index in [2.05, 4.69) is 21.9 Å². The molecule has 2 aromatic carbocycles.